The number of benzene rings is 1. The number of aromatic nitrogens is 1. The maximum atomic E-state index is 12.4. The number of hydrogen-bond donors (Lipinski definition) is 1. The van der Waals surface area contributed by atoms with Gasteiger partial charge in [0.25, 0.3) is 0 Å². The molecule has 0 aliphatic carbocycles. The van der Waals surface area contributed by atoms with Crippen molar-refractivity contribution >= 4 is 15.5 Å². The molecule has 0 fully saturated rings. The normalized spacial score (nSPS) is 12.0. The Labute approximate surface area is 144 Å². The van der Waals surface area contributed by atoms with Gasteiger partial charge in [0.15, 0.2) is 14.9 Å². The van der Waals surface area contributed by atoms with Crippen molar-refractivity contribution < 1.29 is 13.2 Å². The van der Waals surface area contributed by atoms with Crippen LogP contribution in [0.25, 0.3) is 0 Å². The van der Waals surface area contributed by atoms with E-state index in [9.17, 15) is 8.42 Å². The number of pyridine rings is 1. The summed E-state index contributed by atoms with van der Waals surface area (Å²) < 4.78 is 29.4. The topological polar surface area (TPSA) is 68.3 Å². The molecule has 2 rings (SSSR count). The Bertz CT molecular complexity index is 779. The number of sulfone groups is 1. The third-order valence-corrected chi connectivity index (χ3v) is 5.98. The van der Waals surface area contributed by atoms with E-state index in [1.165, 1.54) is 6.07 Å². The highest BCUT2D eigenvalue weighted by atomic mass is 32.2. The number of nitrogens with zero attached hydrogens (tertiary/aromatic N) is 1. The molecule has 1 aromatic heterocycles. The molecule has 0 aliphatic heterocycles. The van der Waals surface area contributed by atoms with Crippen LogP contribution in [0, 0.1) is 0 Å². The van der Waals surface area contributed by atoms with Crippen LogP contribution < -0.4 is 10.1 Å². The molecule has 0 bridgehead atoms. The number of rotatable bonds is 6. The van der Waals surface area contributed by atoms with Gasteiger partial charge in [0.05, 0.1) is 23.2 Å². The standard InChI is InChI=1S/C18H24N2O3S/c1-5-23-16-9-7-6-8-14(16)12-19-15-10-11-17(20-13-15)24(21,22)18(2,3)4/h6-11,13,19H,5,12H2,1-4H3. The molecule has 130 valence electrons. The van der Waals surface area contributed by atoms with E-state index in [-0.39, 0.29) is 5.03 Å². The zero-order valence-electron chi connectivity index (χ0n) is 14.5. The first-order chi connectivity index (χ1) is 11.3. The summed E-state index contributed by atoms with van der Waals surface area (Å²) in [7, 11) is -3.43. The highest BCUT2D eigenvalue weighted by Crippen LogP contribution is 2.24. The quantitative estimate of drug-likeness (QED) is 0.863. The van der Waals surface area contributed by atoms with Crippen LogP contribution in [0.2, 0.25) is 0 Å². The molecule has 1 N–H and O–H groups in total. The van der Waals surface area contributed by atoms with E-state index >= 15 is 0 Å². The Morgan fingerprint density at radius 2 is 1.83 bits per heavy atom. The first-order valence-corrected chi connectivity index (χ1v) is 9.39. The van der Waals surface area contributed by atoms with Gasteiger partial charge in [-0.15, -0.1) is 0 Å². The lowest BCUT2D eigenvalue weighted by Gasteiger charge is -2.18. The Kier molecular flexibility index (Phi) is 5.49. The molecule has 0 saturated heterocycles. The summed E-state index contributed by atoms with van der Waals surface area (Å²) in [6.45, 7) is 8.13. The van der Waals surface area contributed by atoms with E-state index in [1.807, 2.05) is 31.2 Å². The number of hydrogen-bond acceptors (Lipinski definition) is 5. The number of nitrogens with one attached hydrogen (secondary N) is 1. The predicted octanol–water partition coefficient (Wildman–Crippen LogP) is 3.66. The summed E-state index contributed by atoms with van der Waals surface area (Å²) in [5.74, 6) is 0.840. The van der Waals surface area contributed by atoms with E-state index in [2.05, 4.69) is 10.3 Å². The molecule has 0 spiro atoms. The smallest absolute Gasteiger partial charge is 0.200 e. The fourth-order valence-corrected chi connectivity index (χ4v) is 3.17. The first kappa shape index (κ1) is 18.3. The van der Waals surface area contributed by atoms with Crippen molar-refractivity contribution in [2.45, 2.75) is 44.0 Å². The van der Waals surface area contributed by atoms with Crippen LogP contribution in [0.4, 0.5) is 5.69 Å². The zero-order chi connectivity index (χ0) is 17.8. The molecule has 0 unspecified atom stereocenters. The van der Waals surface area contributed by atoms with E-state index in [1.54, 1.807) is 33.0 Å². The van der Waals surface area contributed by atoms with Crippen LogP contribution in [0.3, 0.4) is 0 Å². The largest absolute Gasteiger partial charge is 0.494 e. The molecule has 1 heterocycles. The lowest BCUT2D eigenvalue weighted by Crippen LogP contribution is -2.28. The summed E-state index contributed by atoms with van der Waals surface area (Å²) in [4.78, 5) is 4.11. The van der Waals surface area contributed by atoms with Gasteiger partial charge in [-0.3, -0.25) is 0 Å². The Hall–Kier alpha value is -2.08. The average molecular weight is 348 g/mol. The lowest BCUT2D eigenvalue weighted by atomic mass is 10.2. The summed E-state index contributed by atoms with van der Waals surface area (Å²) in [5.41, 5.74) is 1.79. The highest BCUT2D eigenvalue weighted by molar-refractivity contribution is 7.92. The van der Waals surface area contributed by atoms with Crippen molar-refractivity contribution in [3.05, 3.63) is 48.2 Å². The summed E-state index contributed by atoms with van der Waals surface area (Å²) >= 11 is 0. The maximum absolute atomic E-state index is 12.4. The molecule has 6 heteroatoms. The van der Waals surface area contributed by atoms with Gasteiger partial charge in [0.1, 0.15) is 5.75 Å². The zero-order valence-corrected chi connectivity index (χ0v) is 15.4. The van der Waals surface area contributed by atoms with Crippen LogP contribution in [-0.2, 0) is 16.4 Å². The lowest BCUT2D eigenvalue weighted by molar-refractivity contribution is 0.337. The van der Waals surface area contributed by atoms with Gasteiger partial charge < -0.3 is 10.1 Å². The van der Waals surface area contributed by atoms with Crippen LogP contribution in [0.1, 0.15) is 33.3 Å². The molecule has 2 aromatic rings. The monoisotopic (exact) mass is 348 g/mol. The van der Waals surface area contributed by atoms with Gasteiger partial charge in [-0.1, -0.05) is 18.2 Å². The Balaban J connectivity index is 2.11. The number of anilines is 1. The van der Waals surface area contributed by atoms with Gasteiger partial charge >= 0.3 is 0 Å². The molecule has 1 aromatic carbocycles. The first-order valence-electron chi connectivity index (χ1n) is 7.91. The van der Waals surface area contributed by atoms with Crippen molar-refractivity contribution in [2.75, 3.05) is 11.9 Å². The Morgan fingerprint density at radius 1 is 1.12 bits per heavy atom. The summed E-state index contributed by atoms with van der Waals surface area (Å²) in [6, 6.07) is 11.1. The minimum absolute atomic E-state index is 0.0928. The molecule has 0 atom stereocenters. The number of para-hydroxylation sites is 1. The van der Waals surface area contributed by atoms with E-state index < -0.39 is 14.6 Å². The molecule has 0 aliphatic rings. The van der Waals surface area contributed by atoms with Crippen LogP contribution in [0.15, 0.2) is 47.6 Å². The third-order valence-electron chi connectivity index (χ3n) is 3.57. The Morgan fingerprint density at radius 3 is 2.42 bits per heavy atom. The van der Waals surface area contributed by atoms with Crippen molar-refractivity contribution in [3.63, 3.8) is 0 Å². The highest BCUT2D eigenvalue weighted by Gasteiger charge is 2.31. The van der Waals surface area contributed by atoms with Crippen LogP contribution in [0.5, 0.6) is 5.75 Å². The van der Waals surface area contributed by atoms with Gasteiger partial charge in [-0.2, -0.15) is 0 Å². The second kappa shape index (κ2) is 7.21. The van der Waals surface area contributed by atoms with Crippen LogP contribution in [-0.4, -0.2) is 24.8 Å². The van der Waals surface area contributed by atoms with Gasteiger partial charge in [-0.05, 0) is 45.9 Å². The summed E-state index contributed by atoms with van der Waals surface area (Å²) in [6.07, 6.45) is 1.54. The van der Waals surface area contributed by atoms with E-state index in [4.69, 9.17) is 4.74 Å². The van der Waals surface area contributed by atoms with E-state index in [0.717, 1.165) is 17.0 Å². The van der Waals surface area contributed by atoms with Crippen LogP contribution >= 0.6 is 0 Å². The molecule has 5 nitrogen and oxygen atoms in total. The minimum atomic E-state index is -3.43. The molecule has 0 radical (unpaired) electrons. The average Bonchev–Trinajstić information content (AvgIpc) is 2.54. The van der Waals surface area contributed by atoms with Gasteiger partial charge in [0.2, 0.25) is 0 Å². The molecule has 0 saturated carbocycles. The van der Waals surface area contributed by atoms with Gasteiger partial charge in [0, 0.05) is 12.1 Å². The molecule has 24 heavy (non-hydrogen) atoms. The van der Waals surface area contributed by atoms with Crippen molar-refractivity contribution in [1.82, 2.24) is 4.98 Å². The fraction of sp³-hybridized carbons (Fsp3) is 0.389. The maximum Gasteiger partial charge on any atom is 0.200 e. The van der Waals surface area contributed by atoms with Crippen molar-refractivity contribution in [3.8, 4) is 5.75 Å². The predicted molar refractivity (Wildman–Crippen MR) is 96.1 cm³/mol. The molecular formula is C18H24N2O3S. The van der Waals surface area contributed by atoms with Crippen molar-refractivity contribution in [1.29, 1.82) is 0 Å². The SMILES string of the molecule is CCOc1ccccc1CNc1ccc(S(=O)(=O)C(C)(C)C)nc1. The minimum Gasteiger partial charge on any atom is -0.494 e. The second-order valence-corrected chi connectivity index (χ2v) is 9.05. The molecule has 0 amide bonds. The van der Waals surface area contributed by atoms with Crippen molar-refractivity contribution in [2.24, 2.45) is 0 Å². The fourth-order valence-electron chi connectivity index (χ4n) is 2.10. The molecular weight excluding hydrogens is 324 g/mol. The second-order valence-electron chi connectivity index (χ2n) is 6.40. The van der Waals surface area contributed by atoms with Gasteiger partial charge in [-0.25, -0.2) is 13.4 Å². The number of ether oxygens (including phenoxy) is 1. The third kappa shape index (κ3) is 4.06. The van der Waals surface area contributed by atoms with E-state index in [0.29, 0.717) is 13.2 Å². The summed E-state index contributed by atoms with van der Waals surface area (Å²) in [5, 5.41) is 3.33.